The largest absolute Gasteiger partial charge is 0.308 e. The van der Waals surface area contributed by atoms with Gasteiger partial charge < -0.3 is 5.32 Å². The maximum atomic E-state index is 8.87. The Bertz CT molecular complexity index is 384. The molecule has 0 fully saturated rings. The smallest absolute Gasteiger partial charge is 0.0991 e. The SMILES string of the molecule is CSCCC(C)NC(C)c1cccc(C#N)c1. The molecule has 0 aliphatic rings. The van der Waals surface area contributed by atoms with Gasteiger partial charge in [0.1, 0.15) is 0 Å². The van der Waals surface area contributed by atoms with Crippen LogP contribution in [0.15, 0.2) is 24.3 Å². The van der Waals surface area contributed by atoms with Crippen LogP contribution in [0.1, 0.15) is 37.4 Å². The van der Waals surface area contributed by atoms with Crippen LogP contribution in [0.4, 0.5) is 0 Å². The molecule has 17 heavy (non-hydrogen) atoms. The number of rotatable bonds is 6. The molecule has 2 nitrogen and oxygen atoms in total. The van der Waals surface area contributed by atoms with Crippen molar-refractivity contribution in [2.24, 2.45) is 0 Å². The van der Waals surface area contributed by atoms with Gasteiger partial charge in [0.15, 0.2) is 0 Å². The molecule has 0 spiro atoms. The Kier molecular flexibility index (Phi) is 6.10. The minimum Gasteiger partial charge on any atom is -0.308 e. The van der Waals surface area contributed by atoms with Crippen molar-refractivity contribution in [3.05, 3.63) is 35.4 Å². The molecule has 0 aromatic heterocycles. The van der Waals surface area contributed by atoms with Gasteiger partial charge in [0.25, 0.3) is 0 Å². The molecule has 3 heteroatoms. The van der Waals surface area contributed by atoms with Crippen molar-refractivity contribution in [2.75, 3.05) is 12.0 Å². The van der Waals surface area contributed by atoms with E-state index in [2.05, 4.69) is 37.6 Å². The third-order valence-electron chi connectivity index (χ3n) is 2.81. The summed E-state index contributed by atoms with van der Waals surface area (Å²) in [6, 6.07) is 10.8. The van der Waals surface area contributed by atoms with Crippen LogP contribution < -0.4 is 5.32 Å². The van der Waals surface area contributed by atoms with E-state index in [9.17, 15) is 0 Å². The predicted octanol–water partition coefficient (Wildman–Crippen LogP) is 3.35. The van der Waals surface area contributed by atoms with Crippen molar-refractivity contribution in [3.8, 4) is 6.07 Å². The minimum absolute atomic E-state index is 0.292. The van der Waals surface area contributed by atoms with Crippen molar-refractivity contribution in [3.63, 3.8) is 0 Å². The lowest BCUT2D eigenvalue weighted by Gasteiger charge is -2.20. The Morgan fingerprint density at radius 1 is 1.41 bits per heavy atom. The lowest BCUT2D eigenvalue weighted by molar-refractivity contribution is 0.471. The summed E-state index contributed by atoms with van der Waals surface area (Å²) in [7, 11) is 0. The van der Waals surface area contributed by atoms with E-state index < -0.39 is 0 Å². The Morgan fingerprint density at radius 3 is 2.82 bits per heavy atom. The van der Waals surface area contributed by atoms with Crippen LogP contribution >= 0.6 is 11.8 Å². The molecule has 0 radical (unpaired) electrons. The molecule has 0 saturated carbocycles. The summed E-state index contributed by atoms with van der Waals surface area (Å²) in [6.45, 7) is 4.35. The Morgan fingerprint density at radius 2 is 2.18 bits per heavy atom. The first-order chi connectivity index (χ1) is 8.17. The molecule has 0 aliphatic heterocycles. The van der Waals surface area contributed by atoms with Gasteiger partial charge in [-0.05, 0) is 50.0 Å². The van der Waals surface area contributed by atoms with Crippen molar-refractivity contribution < 1.29 is 0 Å². The number of nitrogens with zero attached hydrogens (tertiary/aromatic N) is 1. The van der Waals surface area contributed by atoms with Gasteiger partial charge in [-0.2, -0.15) is 17.0 Å². The van der Waals surface area contributed by atoms with E-state index in [1.807, 2.05) is 30.0 Å². The molecule has 0 aliphatic carbocycles. The van der Waals surface area contributed by atoms with Gasteiger partial charge in [-0.15, -0.1) is 0 Å². The molecule has 1 rings (SSSR count). The second-order valence-electron chi connectivity index (χ2n) is 4.31. The van der Waals surface area contributed by atoms with E-state index in [1.54, 1.807) is 0 Å². The van der Waals surface area contributed by atoms with Gasteiger partial charge in [0.2, 0.25) is 0 Å². The molecular formula is C14H20N2S. The topological polar surface area (TPSA) is 35.8 Å². The molecule has 0 amide bonds. The Labute approximate surface area is 108 Å². The molecule has 2 atom stereocenters. The zero-order chi connectivity index (χ0) is 12.7. The number of nitrogens with one attached hydrogen (secondary N) is 1. The van der Waals surface area contributed by atoms with E-state index in [-0.39, 0.29) is 0 Å². The summed E-state index contributed by atoms with van der Waals surface area (Å²) in [5.41, 5.74) is 1.91. The Balaban J connectivity index is 2.57. The number of hydrogen-bond donors (Lipinski definition) is 1. The van der Waals surface area contributed by atoms with Crippen LogP contribution in [0, 0.1) is 11.3 Å². The summed E-state index contributed by atoms with van der Waals surface area (Å²) in [4.78, 5) is 0. The summed E-state index contributed by atoms with van der Waals surface area (Å²) in [5.74, 6) is 1.18. The van der Waals surface area contributed by atoms with Gasteiger partial charge in [-0.1, -0.05) is 12.1 Å². The first-order valence-corrected chi connectivity index (χ1v) is 7.31. The lowest BCUT2D eigenvalue weighted by Crippen LogP contribution is -2.29. The zero-order valence-electron chi connectivity index (χ0n) is 10.7. The number of thioether (sulfide) groups is 1. The third-order valence-corrected chi connectivity index (χ3v) is 3.45. The fourth-order valence-electron chi connectivity index (χ4n) is 1.78. The molecule has 0 heterocycles. The van der Waals surface area contributed by atoms with Crippen molar-refractivity contribution >= 4 is 11.8 Å². The van der Waals surface area contributed by atoms with Crippen molar-refractivity contribution in [1.82, 2.24) is 5.32 Å². The maximum Gasteiger partial charge on any atom is 0.0991 e. The molecule has 1 N–H and O–H groups in total. The predicted molar refractivity (Wildman–Crippen MR) is 75.2 cm³/mol. The fourth-order valence-corrected chi connectivity index (χ4v) is 2.37. The van der Waals surface area contributed by atoms with Crippen molar-refractivity contribution in [1.29, 1.82) is 5.26 Å². The molecule has 0 saturated heterocycles. The molecule has 92 valence electrons. The summed E-state index contributed by atoms with van der Waals surface area (Å²) in [6.07, 6.45) is 3.30. The van der Waals surface area contributed by atoms with Gasteiger partial charge in [-0.3, -0.25) is 0 Å². The quantitative estimate of drug-likeness (QED) is 0.838. The highest BCUT2D eigenvalue weighted by Gasteiger charge is 2.09. The molecular weight excluding hydrogens is 228 g/mol. The van der Waals surface area contributed by atoms with Crippen LogP contribution in [-0.2, 0) is 0 Å². The lowest BCUT2D eigenvalue weighted by atomic mass is 10.0. The standard InChI is InChI=1S/C14H20N2S/c1-11(7-8-17-3)16-12(2)14-6-4-5-13(9-14)10-15/h4-6,9,11-12,16H,7-8H2,1-3H3. The first kappa shape index (κ1) is 14.1. The van der Waals surface area contributed by atoms with E-state index in [1.165, 1.54) is 17.7 Å². The van der Waals surface area contributed by atoms with Crippen LogP contribution in [0.2, 0.25) is 0 Å². The highest BCUT2D eigenvalue weighted by molar-refractivity contribution is 7.98. The summed E-state index contributed by atoms with van der Waals surface area (Å²) >= 11 is 1.88. The van der Waals surface area contributed by atoms with Crippen molar-refractivity contribution in [2.45, 2.75) is 32.4 Å². The highest BCUT2D eigenvalue weighted by Crippen LogP contribution is 2.15. The summed E-state index contributed by atoms with van der Waals surface area (Å²) < 4.78 is 0. The maximum absolute atomic E-state index is 8.87. The monoisotopic (exact) mass is 248 g/mol. The van der Waals surface area contributed by atoms with Gasteiger partial charge >= 0.3 is 0 Å². The van der Waals surface area contributed by atoms with Crippen LogP contribution in [0.25, 0.3) is 0 Å². The highest BCUT2D eigenvalue weighted by atomic mass is 32.2. The van der Waals surface area contributed by atoms with Gasteiger partial charge in [-0.25, -0.2) is 0 Å². The average Bonchev–Trinajstić information content (AvgIpc) is 2.36. The van der Waals surface area contributed by atoms with E-state index in [4.69, 9.17) is 5.26 Å². The third kappa shape index (κ3) is 4.80. The minimum atomic E-state index is 0.292. The van der Waals surface area contributed by atoms with Gasteiger partial charge in [0.05, 0.1) is 11.6 Å². The zero-order valence-corrected chi connectivity index (χ0v) is 11.6. The molecule has 1 aromatic rings. The summed E-state index contributed by atoms with van der Waals surface area (Å²) in [5, 5.41) is 12.4. The van der Waals surface area contributed by atoms with E-state index in [0.29, 0.717) is 12.1 Å². The number of benzene rings is 1. The van der Waals surface area contributed by atoms with Crippen LogP contribution in [-0.4, -0.2) is 18.1 Å². The van der Waals surface area contributed by atoms with Crippen LogP contribution in [0.3, 0.4) is 0 Å². The number of hydrogen-bond acceptors (Lipinski definition) is 3. The average molecular weight is 248 g/mol. The molecule has 0 bridgehead atoms. The molecule has 2 unspecified atom stereocenters. The first-order valence-electron chi connectivity index (χ1n) is 5.92. The second kappa shape index (κ2) is 7.37. The van der Waals surface area contributed by atoms with E-state index >= 15 is 0 Å². The van der Waals surface area contributed by atoms with E-state index in [0.717, 1.165) is 5.56 Å². The normalized spacial score (nSPS) is 14.0. The number of nitriles is 1. The second-order valence-corrected chi connectivity index (χ2v) is 5.29. The fraction of sp³-hybridized carbons (Fsp3) is 0.500. The van der Waals surface area contributed by atoms with Crippen LogP contribution in [0.5, 0.6) is 0 Å². The Hall–Kier alpha value is -0.980. The van der Waals surface area contributed by atoms with Gasteiger partial charge in [0, 0.05) is 12.1 Å². The molecule has 1 aromatic carbocycles.